The quantitative estimate of drug-likeness (QED) is 0.566. The molecule has 0 saturated heterocycles. The molecular formula is C10H14NO5P. The second-order valence-electron chi connectivity index (χ2n) is 3.73. The molecular weight excluding hydrogens is 245 g/mol. The van der Waals surface area contributed by atoms with Crippen LogP contribution in [0.4, 0.5) is 0 Å². The fourth-order valence-electron chi connectivity index (χ4n) is 1.55. The highest BCUT2D eigenvalue weighted by molar-refractivity contribution is 7.51. The highest BCUT2D eigenvalue weighted by atomic mass is 31.2. The topological polar surface area (TPSA) is 121 Å². The molecule has 0 amide bonds. The standard InChI is InChI=1S/C10H14NO5P/c11-9(10(12)13)8(6-17(14,15)16)7-4-2-1-3-5-7/h1-5,8-9H,6,11H2,(H,12,13)(H2,14,15,16)/t8-,9+/m0/s1. The van der Waals surface area contributed by atoms with E-state index in [2.05, 4.69) is 0 Å². The van der Waals surface area contributed by atoms with Gasteiger partial charge in [-0.15, -0.1) is 0 Å². The number of nitrogens with two attached hydrogens (primary N) is 1. The molecule has 17 heavy (non-hydrogen) atoms. The zero-order valence-corrected chi connectivity index (χ0v) is 9.83. The predicted molar refractivity (Wildman–Crippen MR) is 61.7 cm³/mol. The van der Waals surface area contributed by atoms with Crippen LogP contribution in [0, 0.1) is 0 Å². The van der Waals surface area contributed by atoms with E-state index < -0.39 is 31.7 Å². The lowest BCUT2D eigenvalue weighted by Crippen LogP contribution is -2.38. The molecule has 0 aliphatic carbocycles. The number of carboxylic acids is 1. The third-order valence-corrected chi connectivity index (χ3v) is 3.25. The summed E-state index contributed by atoms with van der Waals surface area (Å²) in [6, 6.07) is 6.91. The second kappa shape index (κ2) is 5.42. The molecule has 0 unspecified atom stereocenters. The van der Waals surface area contributed by atoms with Crippen molar-refractivity contribution in [1.29, 1.82) is 0 Å². The van der Waals surface area contributed by atoms with Gasteiger partial charge in [-0.2, -0.15) is 0 Å². The number of hydrogen-bond acceptors (Lipinski definition) is 3. The first-order valence-corrected chi connectivity index (χ1v) is 6.69. The largest absolute Gasteiger partial charge is 0.480 e. The molecule has 94 valence electrons. The highest BCUT2D eigenvalue weighted by Crippen LogP contribution is 2.41. The molecule has 0 bridgehead atoms. The summed E-state index contributed by atoms with van der Waals surface area (Å²) in [5.41, 5.74) is 5.96. The summed E-state index contributed by atoms with van der Waals surface area (Å²) in [6.07, 6.45) is -0.579. The van der Waals surface area contributed by atoms with E-state index >= 15 is 0 Å². The summed E-state index contributed by atoms with van der Waals surface area (Å²) >= 11 is 0. The lowest BCUT2D eigenvalue weighted by Gasteiger charge is -2.21. The van der Waals surface area contributed by atoms with Crippen LogP contribution in [0.1, 0.15) is 11.5 Å². The summed E-state index contributed by atoms with van der Waals surface area (Å²) in [5, 5.41) is 8.83. The Labute approximate surface area is 98.2 Å². The van der Waals surface area contributed by atoms with Gasteiger partial charge in [0, 0.05) is 5.92 Å². The van der Waals surface area contributed by atoms with E-state index in [0.29, 0.717) is 5.56 Å². The van der Waals surface area contributed by atoms with Crippen LogP contribution in [0.5, 0.6) is 0 Å². The molecule has 0 saturated carbocycles. The number of hydrogen-bond donors (Lipinski definition) is 4. The first-order chi connectivity index (χ1) is 7.81. The van der Waals surface area contributed by atoms with Gasteiger partial charge in [0.05, 0.1) is 6.16 Å². The van der Waals surface area contributed by atoms with E-state index in [9.17, 15) is 9.36 Å². The first kappa shape index (κ1) is 13.9. The molecule has 0 spiro atoms. The van der Waals surface area contributed by atoms with Crippen LogP contribution in [0.2, 0.25) is 0 Å². The van der Waals surface area contributed by atoms with Gasteiger partial charge in [-0.05, 0) is 5.56 Å². The summed E-state index contributed by atoms with van der Waals surface area (Å²) in [6.45, 7) is 0. The van der Waals surface area contributed by atoms with Crippen molar-refractivity contribution in [2.24, 2.45) is 5.73 Å². The number of carbonyl (C=O) groups is 1. The fraction of sp³-hybridized carbons (Fsp3) is 0.300. The molecule has 5 N–H and O–H groups in total. The minimum atomic E-state index is -4.32. The molecule has 0 fully saturated rings. The Morgan fingerprint density at radius 3 is 2.24 bits per heavy atom. The number of benzene rings is 1. The Morgan fingerprint density at radius 2 is 1.82 bits per heavy atom. The van der Waals surface area contributed by atoms with Crippen LogP contribution in [-0.2, 0) is 9.36 Å². The van der Waals surface area contributed by atoms with Crippen molar-refractivity contribution >= 4 is 13.6 Å². The molecule has 7 heteroatoms. The van der Waals surface area contributed by atoms with Crippen molar-refractivity contribution in [2.75, 3.05) is 6.16 Å². The van der Waals surface area contributed by atoms with Crippen molar-refractivity contribution in [2.45, 2.75) is 12.0 Å². The highest BCUT2D eigenvalue weighted by Gasteiger charge is 2.31. The van der Waals surface area contributed by atoms with Crippen LogP contribution in [-0.4, -0.2) is 33.1 Å². The van der Waals surface area contributed by atoms with Gasteiger partial charge in [-0.1, -0.05) is 30.3 Å². The Morgan fingerprint density at radius 1 is 1.29 bits per heavy atom. The zero-order valence-electron chi connectivity index (χ0n) is 8.93. The molecule has 0 heterocycles. The van der Waals surface area contributed by atoms with Gasteiger partial charge in [0.15, 0.2) is 0 Å². The van der Waals surface area contributed by atoms with Crippen LogP contribution in [0.3, 0.4) is 0 Å². The maximum absolute atomic E-state index is 11.0. The molecule has 0 aliphatic rings. The minimum absolute atomic E-state index is 0.505. The summed E-state index contributed by atoms with van der Waals surface area (Å²) in [4.78, 5) is 28.7. The van der Waals surface area contributed by atoms with Gasteiger partial charge in [-0.25, -0.2) is 0 Å². The Balaban J connectivity index is 3.03. The van der Waals surface area contributed by atoms with Crippen molar-refractivity contribution in [3.05, 3.63) is 35.9 Å². The average Bonchev–Trinajstić information content (AvgIpc) is 2.25. The second-order valence-corrected chi connectivity index (χ2v) is 5.42. The normalized spacial score (nSPS) is 15.2. The molecule has 0 aromatic heterocycles. The average molecular weight is 259 g/mol. The Bertz CT molecular complexity index is 430. The van der Waals surface area contributed by atoms with E-state index in [-0.39, 0.29) is 0 Å². The van der Waals surface area contributed by atoms with E-state index in [1.54, 1.807) is 30.3 Å². The monoisotopic (exact) mass is 259 g/mol. The van der Waals surface area contributed by atoms with E-state index in [1.165, 1.54) is 0 Å². The fourth-order valence-corrected chi connectivity index (χ4v) is 2.51. The molecule has 0 radical (unpaired) electrons. The Hall–Kier alpha value is -1.20. The SMILES string of the molecule is N[C@@H](C(=O)O)[C@@H](CP(=O)(O)O)c1ccccc1. The third kappa shape index (κ3) is 4.28. The number of carboxylic acid groups (broad SMARTS) is 1. The maximum Gasteiger partial charge on any atom is 0.326 e. The van der Waals surface area contributed by atoms with Crippen LogP contribution in [0.25, 0.3) is 0 Å². The van der Waals surface area contributed by atoms with Gasteiger partial charge >= 0.3 is 13.6 Å². The van der Waals surface area contributed by atoms with Crippen molar-refractivity contribution in [1.82, 2.24) is 0 Å². The zero-order chi connectivity index (χ0) is 13.1. The molecule has 0 aliphatic heterocycles. The Kier molecular flexibility index (Phi) is 4.42. The van der Waals surface area contributed by atoms with Crippen LogP contribution >= 0.6 is 7.60 Å². The van der Waals surface area contributed by atoms with E-state index in [1.807, 2.05) is 0 Å². The summed E-state index contributed by atoms with van der Waals surface area (Å²) < 4.78 is 11.0. The van der Waals surface area contributed by atoms with Crippen molar-refractivity contribution in [3.63, 3.8) is 0 Å². The van der Waals surface area contributed by atoms with Crippen molar-refractivity contribution in [3.8, 4) is 0 Å². The first-order valence-electron chi connectivity index (χ1n) is 4.89. The van der Waals surface area contributed by atoms with Gasteiger partial charge in [0.25, 0.3) is 0 Å². The summed E-state index contributed by atoms with van der Waals surface area (Å²) in [5.74, 6) is -2.19. The molecule has 6 nitrogen and oxygen atoms in total. The smallest absolute Gasteiger partial charge is 0.326 e. The maximum atomic E-state index is 11.0. The molecule has 1 aromatic carbocycles. The van der Waals surface area contributed by atoms with Crippen LogP contribution in [0.15, 0.2) is 30.3 Å². The lowest BCUT2D eigenvalue weighted by atomic mass is 9.94. The van der Waals surface area contributed by atoms with E-state index in [4.69, 9.17) is 20.6 Å². The molecule has 1 aromatic rings. The van der Waals surface area contributed by atoms with E-state index in [0.717, 1.165) is 0 Å². The third-order valence-electron chi connectivity index (χ3n) is 2.38. The summed E-state index contributed by atoms with van der Waals surface area (Å²) in [7, 11) is -4.32. The van der Waals surface area contributed by atoms with Gasteiger partial charge in [0.2, 0.25) is 0 Å². The minimum Gasteiger partial charge on any atom is -0.480 e. The van der Waals surface area contributed by atoms with Gasteiger partial charge in [0.1, 0.15) is 6.04 Å². The van der Waals surface area contributed by atoms with Crippen LogP contribution < -0.4 is 5.73 Å². The van der Waals surface area contributed by atoms with Gasteiger partial charge in [-0.3, -0.25) is 9.36 Å². The number of rotatable bonds is 5. The molecule has 1 rings (SSSR count). The molecule has 2 atom stereocenters. The number of aliphatic carboxylic acids is 1. The van der Waals surface area contributed by atoms with Gasteiger partial charge < -0.3 is 20.6 Å². The predicted octanol–water partition coefficient (Wildman–Crippen LogP) is 0.360. The lowest BCUT2D eigenvalue weighted by molar-refractivity contribution is -0.138. The van der Waals surface area contributed by atoms with Crippen molar-refractivity contribution < 1.29 is 24.3 Å².